The van der Waals surface area contributed by atoms with Gasteiger partial charge in [-0.2, -0.15) is 11.8 Å². The monoisotopic (exact) mass is 173 g/mol. The first-order valence-corrected chi connectivity index (χ1v) is 5.46. The third kappa shape index (κ3) is 1.71. The minimum Gasteiger partial charge on any atom is -0.394 e. The van der Waals surface area contributed by atoms with Crippen LogP contribution in [-0.2, 0) is 0 Å². The van der Waals surface area contributed by atoms with Crippen molar-refractivity contribution in [3.8, 4) is 0 Å². The number of hydrogen-bond donors (Lipinski definition) is 2. The predicted molar refractivity (Wildman–Crippen MR) is 47.9 cm³/mol. The first-order chi connectivity index (χ1) is 5.35. The molecule has 11 heavy (non-hydrogen) atoms. The van der Waals surface area contributed by atoms with Crippen molar-refractivity contribution >= 4 is 11.8 Å². The summed E-state index contributed by atoms with van der Waals surface area (Å²) < 4.78 is 0. The Morgan fingerprint density at radius 3 is 2.82 bits per heavy atom. The highest BCUT2D eigenvalue weighted by molar-refractivity contribution is 7.99. The summed E-state index contributed by atoms with van der Waals surface area (Å²) in [5.41, 5.74) is 0.0891. The molecule has 0 amide bonds. The maximum atomic E-state index is 9.22. The van der Waals surface area contributed by atoms with Crippen molar-refractivity contribution in [2.75, 3.05) is 18.1 Å². The largest absolute Gasteiger partial charge is 0.394 e. The Hall–Kier alpha value is 0.270. The number of rotatable bonds is 3. The lowest BCUT2D eigenvalue weighted by Gasteiger charge is -2.27. The molecule has 2 N–H and O–H groups in total. The number of aliphatic hydroxyl groups excluding tert-OH is 1. The maximum absolute atomic E-state index is 9.22. The lowest BCUT2D eigenvalue weighted by atomic mass is 10.0. The van der Waals surface area contributed by atoms with Crippen LogP contribution in [0.5, 0.6) is 0 Å². The zero-order valence-electron chi connectivity index (χ0n) is 6.68. The molecule has 2 fully saturated rings. The first-order valence-electron chi connectivity index (χ1n) is 4.31. The molecule has 0 spiro atoms. The molecule has 0 aromatic carbocycles. The summed E-state index contributed by atoms with van der Waals surface area (Å²) in [5, 5.41) is 12.8. The summed E-state index contributed by atoms with van der Waals surface area (Å²) in [4.78, 5) is 0. The van der Waals surface area contributed by atoms with Crippen LogP contribution in [0.3, 0.4) is 0 Å². The number of aliphatic hydroxyl groups is 1. The zero-order valence-corrected chi connectivity index (χ0v) is 7.49. The van der Waals surface area contributed by atoms with Gasteiger partial charge in [-0.05, 0) is 25.0 Å². The molecule has 0 bridgehead atoms. The van der Waals surface area contributed by atoms with Gasteiger partial charge in [-0.25, -0.2) is 0 Å². The molecule has 1 heterocycles. The number of nitrogens with one attached hydrogen (secondary N) is 1. The quantitative estimate of drug-likeness (QED) is 0.656. The average molecular weight is 173 g/mol. The van der Waals surface area contributed by atoms with E-state index in [1.165, 1.54) is 18.6 Å². The molecule has 1 saturated heterocycles. The molecule has 64 valence electrons. The van der Waals surface area contributed by atoms with Gasteiger partial charge in [0.15, 0.2) is 0 Å². The van der Waals surface area contributed by atoms with Gasteiger partial charge < -0.3 is 10.4 Å². The standard InChI is InChI=1S/C8H15NOS/c10-5-8(3-4-11-6-8)9-7-1-2-7/h7,9-10H,1-6H2. The fraction of sp³-hybridized carbons (Fsp3) is 1.00. The Morgan fingerprint density at radius 1 is 1.55 bits per heavy atom. The molecule has 2 rings (SSSR count). The van der Waals surface area contributed by atoms with Crippen LogP contribution in [0.2, 0.25) is 0 Å². The van der Waals surface area contributed by atoms with Crippen molar-refractivity contribution < 1.29 is 5.11 Å². The van der Waals surface area contributed by atoms with Crippen LogP contribution in [0.1, 0.15) is 19.3 Å². The first kappa shape index (κ1) is 7.90. The van der Waals surface area contributed by atoms with Gasteiger partial charge >= 0.3 is 0 Å². The second-order valence-electron chi connectivity index (χ2n) is 3.66. The van der Waals surface area contributed by atoms with Crippen molar-refractivity contribution in [1.82, 2.24) is 5.32 Å². The summed E-state index contributed by atoms with van der Waals surface area (Å²) >= 11 is 1.95. The van der Waals surface area contributed by atoms with Crippen LogP contribution < -0.4 is 5.32 Å². The lowest BCUT2D eigenvalue weighted by Crippen LogP contribution is -2.49. The molecule has 1 aliphatic heterocycles. The van der Waals surface area contributed by atoms with Crippen LogP contribution in [0.15, 0.2) is 0 Å². The van der Waals surface area contributed by atoms with Crippen molar-refractivity contribution in [2.45, 2.75) is 30.8 Å². The van der Waals surface area contributed by atoms with E-state index in [9.17, 15) is 5.11 Å². The van der Waals surface area contributed by atoms with Crippen molar-refractivity contribution in [1.29, 1.82) is 0 Å². The maximum Gasteiger partial charge on any atom is 0.0621 e. The summed E-state index contributed by atoms with van der Waals surface area (Å²) in [5.74, 6) is 2.31. The van der Waals surface area contributed by atoms with E-state index >= 15 is 0 Å². The zero-order chi connectivity index (χ0) is 7.73. The highest BCUT2D eigenvalue weighted by atomic mass is 32.2. The van der Waals surface area contributed by atoms with Gasteiger partial charge in [-0.3, -0.25) is 0 Å². The molecular weight excluding hydrogens is 158 g/mol. The Balaban J connectivity index is 1.91. The molecule has 3 heteroatoms. The molecule has 0 aromatic rings. The summed E-state index contributed by atoms with van der Waals surface area (Å²) in [6, 6.07) is 0.723. The third-order valence-electron chi connectivity index (χ3n) is 2.49. The Bertz CT molecular complexity index is 141. The SMILES string of the molecule is OCC1(NC2CC2)CCSC1. The highest BCUT2D eigenvalue weighted by Crippen LogP contribution is 2.31. The van der Waals surface area contributed by atoms with Gasteiger partial charge in [0.25, 0.3) is 0 Å². The predicted octanol–water partition coefficient (Wildman–Crippen LogP) is 0.606. The lowest BCUT2D eigenvalue weighted by molar-refractivity contribution is 0.178. The third-order valence-corrected chi connectivity index (χ3v) is 3.74. The van der Waals surface area contributed by atoms with E-state index in [0.717, 1.165) is 18.2 Å². The Labute approximate surface area is 71.7 Å². The van der Waals surface area contributed by atoms with Crippen LogP contribution >= 0.6 is 11.8 Å². The highest BCUT2D eigenvalue weighted by Gasteiger charge is 2.38. The molecule has 1 aliphatic carbocycles. The minimum atomic E-state index is 0.0891. The van der Waals surface area contributed by atoms with E-state index in [1.807, 2.05) is 11.8 Å². The molecule has 1 atom stereocenters. The van der Waals surface area contributed by atoms with E-state index in [4.69, 9.17) is 0 Å². The van der Waals surface area contributed by atoms with E-state index in [1.54, 1.807) is 0 Å². The molecular formula is C8H15NOS. The normalized spacial score (nSPS) is 37.9. The van der Waals surface area contributed by atoms with E-state index < -0.39 is 0 Å². The Morgan fingerprint density at radius 2 is 2.36 bits per heavy atom. The molecule has 0 aromatic heterocycles. The number of thioether (sulfide) groups is 1. The van der Waals surface area contributed by atoms with Crippen molar-refractivity contribution in [2.24, 2.45) is 0 Å². The fourth-order valence-corrected chi connectivity index (χ4v) is 2.94. The van der Waals surface area contributed by atoms with Gasteiger partial charge in [-0.15, -0.1) is 0 Å². The van der Waals surface area contributed by atoms with Gasteiger partial charge in [0, 0.05) is 11.8 Å². The fourth-order valence-electron chi connectivity index (χ4n) is 1.55. The van der Waals surface area contributed by atoms with Crippen LogP contribution in [0.25, 0.3) is 0 Å². The van der Waals surface area contributed by atoms with E-state index in [2.05, 4.69) is 5.32 Å². The summed E-state index contributed by atoms with van der Waals surface area (Å²) in [7, 11) is 0. The summed E-state index contributed by atoms with van der Waals surface area (Å²) in [6.07, 6.45) is 3.77. The van der Waals surface area contributed by atoms with Gasteiger partial charge in [0.05, 0.1) is 12.1 Å². The van der Waals surface area contributed by atoms with Gasteiger partial charge in [-0.1, -0.05) is 0 Å². The summed E-state index contributed by atoms with van der Waals surface area (Å²) in [6.45, 7) is 0.316. The van der Waals surface area contributed by atoms with Crippen molar-refractivity contribution in [3.63, 3.8) is 0 Å². The second-order valence-corrected chi connectivity index (χ2v) is 4.76. The molecule has 1 saturated carbocycles. The van der Waals surface area contributed by atoms with E-state index in [-0.39, 0.29) is 5.54 Å². The molecule has 0 radical (unpaired) electrons. The van der Waals surface area contributed by atoms with Crippen LogP contribution in [0, 0.1) is 0 Å². The number of hydrogen-bond acceptors (Lipinski definition) is 3. The van der Waals surface area contributed by atoms with Crippen LogP contribution in [0.4, 0.5) is 0 Å². The second kappa shape index (κ2) is 2.96. The molecule has 2 aliphatic rings. The van der Waals surface area contributed by atoms with Crippen LogP contribution in [-0.4, -0.2) is 34.8 Å². The van der Waals surface area contributed by atoms with E-state index in [0.29, 0.717) is 6.61 Å². The van der Waals surface area contributed by atoms with Gasteiger partial charge in [0.2, 0.25) is 0 Å². The van der Waals surface area contributed by atoms with Gasteiger partial charge in [0.1, 0.15) is 0 Å². The minimum absolute atomic E-state index is 0.0891. The Kier molecular flexibility index (Phi) is 2.12. The van der Waals surface area contributed by atoms with Crippen molar-refractivity contribution in [3.05, 3.63) is 0 Å². The molecule has 2 nitrogen and oxygen atoms in total. The molecule has 1 unspecified atom stereocenters. The average Bonchev–Trinajstić information content (AvgIpc) is 2.68. The smallest absolute Gasteiger partial charge is 0.0621 e. The topological polar surface area (TPSA) is 32.3 Å².